The van der Waals surface area contributed by atoms with Crippen LogP contribution in [0.2, 0.25) is 0 Å². The van der Waals surface area contributed by atoms with Crippen LogP contribution in [-0.2, 0) is 9.59 Å². The first-order valence-corrected chi connectivity index (χ1v) is 11.8. The van der Waals surface area contributed by atoms with Crippen LogP contribution in [0.15, 0.2) is 18.2 Å². The van der Waals surface area contributed by atoms with Crippen molar-refractivity contribution in [1.82, 2.24) is 9.80 Å². The molecule has 0 unspecified atom stereocenters. The van der Waals surface area contributed by atoms with Gasteiger partial charge in [0.25, 0.3) is 0 Å². The van der Waals surface area contributed by atoms with E-state index in [1.807, 2.05) is 39.8 Å². The standard InChI is InChI=1S/C22H28N2O4S/c25-21(13-29-16-3-1-2-4-16)23-7-9-24(10-8-23)22(26)18-12-17(18)15-5-6-19-20(11-15)28-14-27-19/h5-6,11,16-18H,1-4,7-10,12-14H2/t17-,18-/m1/s1. The van der Waals surface area contributed by atoms with Gasteiger partial charge in [-0.3, -0.25) is 9.59 Å². The second-order valence-corrected chi connectivity index (χ2v) is 9.77. The fourth-order valence-electron chi connectivity index (χ4n) is 4.73. The molecule has 2 atom stereocenters. The molecular formula is C22H28N2O4S. The van der Waals surface area contributed by atoms with Crippen LogP contribution in [0.3, 0.4) is 0 Å². The van der Waals surface area contributed by atoms with E-state index >= 15 is 0 Å². The molecular weight excluding hydrogens is 388 g/mol. The molecule has 0 N–H and O–H groups in total. The van der Waals surface area contributed by atoms with Crippen LogP contribution in [-0.4, -0.2) is 65.6 Å². The normalized spacial score (nSPS) is 26.1. The highest BCUT2D eigenvalue weighted by Gasteiger charge is 2.46. The molecule has 0 spiro atoms. The number of benzene rings is 1. The van der Waals surface area contributed by atoms with Gasteiger partial charge in [-0.2, -0.15) is 0 Å². The molecule has 4 aliphatic rings. The summed E-state index contributed by atoms with van der Waals surface area (Å²) in [6, 6.07) is 5.99. The number of hydrogen-bond donors (Lipinski definition) is 0. The molecule has 1 saturated heterocycles. The largest absolute Gasteiger partial charge is 0.454 e. The second kappa shape index (κ2) is 8.09. The minimum Gasteiger partial charge on any atom is -0.454 e. The van der Waals surface area contributed by atoms with Crippen molar-refractivity contribution in [2.45, 2.75) is 43.3 Å². The molecule has 2 aliphatic carbocycles. The van der Waals surface area contributed by atoms with E-state index in [9.17, 15) is 9.59 Å². The van der Waals surface area contributed by atoms with Crippen LogP contribution in [0.4, 0.5) is 0 Å². The number of thioether (sulfide) groups is 1. The van der Waals surface area contributed by atoms with E-state index in [0.717, 1.165) is 23.5 Å². The van der Waals surface area contributed by atoms with E-state index in [0.29, 0.717) is 37.2 Å². The van der Waals surface area contributed by atoms with Gasteiger partial charge in [0.15, 0.2) is 11.5 Å². The molecule has 156 valence electrons. The Morgan fingerprint density at radius 2 is 1.72 bits per heavy atom. The molecule has 6 nitrogen and oxygen atoms in total. The van der Waals surface area contributed by atoms with Crippen LogP contribution < -0.4 is 9.47 Å². The first kappa shape index (κ1) is 19.1. The van der Waals surface area contributed by atoms with Gasteiger partial charge in [0.1, 0.15) is 0 Å². The van der Waals surface area contributed by atoms with E-state index in [1.165, 1.54) is 25.7 Å². The summed E-state index contributed by atoms with van der Waals surface area (Å²) in [5, 5.41) is 0.671. The van der Waals surface area contributed by atoms with Gasteiger partial charge in [-0.25, -0.2) is 0 Å². The third-order valence-corrected chi connectivity index (χ3v) is 7.98. The van der Waals surface area contributed by atoms with Crippen molar-refractivity contribution in [3.05, 3.63) is 23.8 Å². The zero-order valence-corrected chi connectivity index (χ0v) is 17.5. The predicted octanol–water partition coefficient (Wildman–Crippen LogP) is 2.87. The molecule has 1 aromatic rings. The maximum atomic E-state index is 12.9. The van der Waals surface area contributed by atoms with E-state index in [2.05, 4.69) is 0 Å². The molecule has 0 aromatic heterocycles. The Hall–Kier alpha value is -1.89. The highest BCUT2D eigenvalue weighted by Crippen LogP contribution is 2.50. The number of piperazine rings is 1. The van der Waals surface area contributed by atoms with Gasteiger partial charge < -0.3 is 19.3 Å². The first-order valence-electron chi connectivity index (χ1n) is 10.8. The third-order valence-electron chi connectivity index (χ3n) is 6.62. The average Bonchev–Trinajstić information content (AvgIpc) is 3.14. The van der Waals surface area contributed by atoms with E-state index in [4.69, 9.17) is 9.47 Å². The number of rotatable bonds is 5. The van der Waals surface area contributed by atoms with Crippen molar-refractivity contribution in [3.8, 4) is 11.5 Å². The van der Waals surface area contributed by atoms with Gasteiger partial charge in [-0.15, -0.1) is 11.8 Å². The first-order chi connectivity index (χ1) is 14.2. The van der Waals surface area contributed by atoms with E-state index in [-0.39, 0.29) is 30.4 Å². The second-order valence-electron chi connectivity index (χ2n) is 8.48. The molecule has 0 bridgehead atoms. The molecule has 0 radical (unpaired) electrons. The van der Waals surface area contributed by atoms with E-state index < -0.39 is 0 Å². The molecule has 3 fully saturated rings. The Morgan fingerprint density at radius 1 is 1.00 bits per heavy atom. The summed E-state index contributed by atoms with van der Waals surface area (Å²) >= 11 is 1.82. The number of ether oxygens (including phenoxy) is 2. The summed E-state index contributed by atoms with van der Waals surface area (Å²) in [7, 11) is 0. The Kier molecular flexibility index (Phi) is 5.33. The zero-order chi connectivity index (χ0) is 19.8. The minimum absolute atomic E-state index is 0.0653. The SMILES string of the molecule is O=C(CSC1CCCC1)N1CCN(C(=O)[C@@H]2C[C@@H]2c2ccc3c(c2)OCO3)CC1. The third kappa shape index (κ3) is 4.06. The fraction of sp³-hybridized carbons (Fsp3) is 0.636. The summed E-state index contributed by atoms with van der Waals surface area (Å²) < 4.78 is 10.8. The number of amides is 2. The monoisotopic (exact) mass is 416 g/mol. The molecule has 2 heterocycles. The quantitative estimate of drug-likeness (QED) is 0.739. The highest BCUT2D eigenvalue weighted by atomic mass is 32.2. The maximum Gasteiger partial charge on any atom is 0.232 e. The summed E-state index contributed by atoms with van der Waals surface area (Å²) in [4.78, 5) is 29.3. The molecule has 2 saturated carbocycles. The Bertz CT molecular complexity index is 787. The molecule has 2 aliphatic heterocycles. The minimum atomic E-state index is 0.0653. The van der Waals surface area contributed by atoms with Gasteiger partial charge >= 0.3 is 0 Å². The Labute approximate surface area is 175 Å². The van der Waals surface area contributed by atoms with Gasteiger partial charge in [0.05, 0.1) is 5.75 Å². The van der Waals surface area contributed by atoms with Crippen LogP contribution >= 0.6 is 11.8 Å². The number of carbonyl (C=O) groups excluding carboxylic acids is 2. The lowest BCUT2D eigenvalue weighted by Gasteiger charge is -2.35. The van der Waals surface area contributed by atoms with Gasteiger partial charge in [-0.1, -0.05) is 18.9 Å². The van der Waals surface area contributed by atoms with Gasteiger partial charge in [0.2, 0.25) is 18.6 Å². The topological polar surface area (TPSA) is 59.1 Å². The summed E-state index contributed by atoms with van der Waals surface area (Å²) in [5.41, 5.74) is 1.16. The van der Waals surface area contributed by atoms with Crippen molar-refractivity contribution >= 4 is 23.6 Å². The number of nitrogens with zero attached hydrogens (tertiary/aromatic N) is 2. The molecule has 7 heteroatoms. The highest BCUT2D eigenvalue weighted by molar-refractivity contribution is 8.00. The van der Waals surface area contributed by atoms with Crippen LogP contribution in [0.5, 0.6) is 11.5 Å². The van der Waals surface area contributed by atoms with Gasteiger partial charge in [-0.05, 0) is 42.9 Å². The van der Waals surface area contributed by atoms with Crippen molar-refractivity contribution in [2.75, 3.05) is 38.7 Å². The Morgan fingerprint density at radius 3 is 2.52 bits per heavy atom. The number of carbonyl (C=O) groups is 2. The predicted molar refractivity (Wildman–Crippen MR) is 111 cm³/mol. The average molecular weight is 417 g/mol. The lowest BCUT2D eigenvalue weighted by Crippen LogP contribution is -2.51. The van der Waals surface area contributed by atoms with Crippen molar-refractivity contribution < 1.29 is 19.1 Å². The Balaban J connectivity index is 1.09. The van der Waals surface area contributed by atoms with Crippen molar-refractivity contribution in [3.63, 3.8) is 0 Å². The fourth-order valence-corrected chi connectivity index (χ4v) is 5.95. The molecule has 2 amide bonds. The number of hydrogen-bond acceptors (Lipinski definition) is 5. The van der Waals surface area contributed by atoms with Crippen molar-refractivity contribution in [2.24, 2.45) is 5.92 Å². The van der Waals surface area contributed by atoms with Gasteiger partial charge in [0, 0.05) is 37.3 Å². The summed E-state index contributed by atoms with van der Waals surface area (Å²) in [5.74, 6) is 2.97. The summed E-state index contributed by atoms with van der Waals surface area (Å²) in [6.07, 6.45) is 6.02. The lowest BCUT2D eigenvalue weighted by atomic mass is 10.1. The molecule has 5 rings (SSSR count). The van der Waals surface area contributed by atoms with Crippen LogP contribution in [0.25, 0.3) is 0 Å². The van der Waals surface area contributed by atoms with Crippen LogP contribution in [0, 0.1) is 5.92 Å². The number of fused-ring (bicyclic) bond motifs is 1. The smallest absolute Gasteiger partial charge is 0.232 e. The lowest BCUT2D eigenvalue weighted by molar-refractivity contribution is -0.139. The maximum absolute atomic E-state index is 12.9. The van der Waals surface area contributed by atoms with Crippen molar-refractivity contribution in [1.29, 1.82) is 0 Å². The summed E-state index contributed by atoms with van der Waals surface area (Å²) in [6.45, 7) is 2.91. The molecule has 1 aromatic carbocycles. The van der Waals surface area contributed by atoms with E-state index in [1.54, 1.807) is 0 Å². The molecule has 29 heavy (non-hydrogen) atoms. The zero-order valence-electron chi connectivity index (χ0n) is 16.7. The van der Waals surface area contributed by atoms with Crippen LogP contribution in [0.1, 0.15) is 43.6 Å².